The molecule has 3 heterocycles. The van der Waals surface area contributed by atoms with Crippen LogP contribution in [0.15, 0.2) is 136 Å². The van der Waals surface area contributed by atoms with Crippen molar-refractivity contribution in [2.24, 2.45) is 5.92 Å². The molecule has 0 spiro atoms. The fourth-order valence-electron chi connectivity index (χ4n) is 10.4. The third-order valence-electron chi connectivity index (χ3n) is 14.6. The van der Waals surface area contributed by atoms with E-state index in [2.05, 4.69) is 24.6 Å². The minimum Gasteiger partial charge on any atom is -0.465 e. The molecule has 1 amide bonds. The number of sulfonamides is 2. The van der Waals surface area contributed by atoms with Crippen LogP contribution in [0.25, 0.3) is 22.4 Å². The molecular formula is C57H66ClF3N7O12PS4. The van der Waals surface area contributed by atoms with Crippen LogP contribution in [0.4, 0.5) is 35.9 Å². The van der Waals surface area contributed by atoms with E-state index < -0.39 is 95.1 Å². The van der Waals surface area contributed by atoms with Crippen molar-refractivity contribution in [2.75, 3.05) is 90.4 Å². The zero-order chi connectivity index (χ0) is 61.6. The number of sulfone groups is 1. The van der Waals surface area contributed by atoms with Gasteiger partial charge in [0.2, 0.25) is 10.0 Å². The molecule has 0 bridgehead atoms. The number of nitrogens with zero attached hydrogens (tertiary/aromatic N) is 4. The molecule has 1 aromatic heterocycles. The summed E-state index contributed by atoms with van der Waals surface area (Å²) in [5, 5.41) is 3.51. The molecule has 2 fully saturated rings. The first-order valence-electron chi connectivity index (χ1n) is 27.1. The summed E-state index contributed by atoms with van der Waals surface area (Å²) in [7, 11) is -19.1. The number of benzene rings is 5. The number of thioether (sulfide) groups is 1. The average Bonchev–Trinajstić information content (AvgIpc) is 3.00. The second kappa shape index (κ2) is 26.9. The normalized spacial score (nSPS) is 15.4. The molecule has 5 N–H and O–H groups in total. The van der Waals surface area contributed by atoms with Crippen molar-refractivity contribution in [3.63, 3.8) is 0 Å². The lowest BCUT2D eigenvalue weighted by molar-refractivity contribution is -0.149. The van der Waals surface area contributed by atoms with E-state index in [0.29, 0.717) is 98.7 Å². The topological polar surface area (TPSA) is 254 Å². The van der Waals surface area contributed by atoms with Crippen molar-refractivity contribution in [1.82, 2.24) is 14.2 Å². The smallest absolute Gasteiger partial charge is 0.465 e. The summed E-state index contributed by atoms with van der Waals surface area (Å²) in [6, 6.07) is 32.1. The largest absolute Gasteiger partial charge is 0.501 e. The Morgan fingerprint density at radius 1 is 0.800 bits per heavy atom. The van der Waals surface area contributed by atoms with Crippen LogP contribution in [0, 0.1) is 12.8 Å². The first-order valence-corrected chi connectivity index (χ1v) is 35.1. The number of piperidine rings is 1. The van der Waals surface area contributed by atoms with Gasteiger partial charge in [-0.2, -0.15) is 13.2 Å². The molecule has 5 aromatic carbocycles. The highest BCUT2D eigenvalue weighted by Gasteiger charge is 2.48. The zero-order valence-electron chi connectivity index (χ0n) is 46.8. The molecule has 2 saturated heterocycles. The fourth-order valence-corrected chi connectivity index (χ4v) is 14.4. The maximum absolute atomic E-state index is 14.5. The Bertz CT molecular complexity index is 3770. The molecule has 19 nitrogen and oxygen atoms in total. The molecule has 0 aliphatic carbocycles. The number of alkyl halides is 3. The first kappa shape index (κ1) is 64.9. The summed E-state index contributed by atoms with van der Waals surface area (Å²) >= 11 is 7.67. The van der Waals surface area contributed by atoms with Crippen molar-refractivity contribution in [3.05, 3.63) is 138 Å². The monoisotopic (exact) mass is 1290 g/mol. The minimum atomic E-state index is -6.13. The highest BCUT2D eigenvalue weighted by molar-refractivity contribution is 7.99. The number of amides is 1. The number of hydrogen-bond acceptors (Lipinski definition) is 15. The van der Waals surface area contributed by atoms with E-state index in [1.165, 1.54) is 23.9 Å². The molecule has 8 rings (SSSR count). The Kier molecular flexibility index (Phi) is 20.5. The van der Waals surface area contributed by atoms with Crippen LogP contribution in [0.5, 0.6) is 0 Å². The summed E-state index contributed by atoms with van der Waals surface area (Å²) in [5.74, 6) is -1.56. The fraction of sp³-hybridized carbons (Fsp3) is 0.368. The summed E-state index contributed by atoms with van der Waals surface area (Å²) in [6.45, 7) is 8.74. The molecule has 458 valence electrons. The Balaban J connectivity index is 0.958. The maximum atomic E-state index is 14.5. The van der Waals surface area contributed by atoms with E-state index >= 15 is 0 Å². The van der Waals surface area contributed by atoms with E-state index in [0.717, 1.165) is 40.2 Å². The molecule has 2 aliphatic rings. The lowest BCUT2D eigenvalue weighted by atomic mass is 9.96. The molecule has 85 heavy (non-hydrogen) atoms. The minimum absolute atomic E-state index is 0.0598. The van der Waals surface area contributed by atoms with Gasteiger partial charge in [-0.25, -0.2) is 30.0 Å². The van der Waals surface area contributed by atoms with Crippen LogP contribution < -0.4 is 24.6 Å². The molecule has 0 saturated carbocycles. The molecular weight excluding hydrogens is 1230 g/mol. The van der Waals surface area contributed by atoms with Gasteiger partial charge in [0, 0.05) is 88.8 Å². The summed E-state index contributed by atoms with van der Waals surface area (Å²) < 4.78 is 145. The van der Waals surface area contributed by atoms with Crippen LogP contribution in [0.2, 0.25) is 5.02 Å². The number of ether oxygens (including phenoxy) is 1. The van der Waals surface area contributed by atoms with Crippen molar-refractivity contribution in [3.8, 4) is 22.4 Å². The summed E-state index contributed by atoms with van der Waals surface area (Å²) in [4.78, 5) is 49.8. The van der Waals surface area contributed by atoms with Gasteiger partial charge in [0.05, 0.1) is 40.2 Å². The van der Waals surface area contributed by atoms with Crippen molar-refractivity contribution in [1.29, 1.82) is 0 Å². The van der Waals surface area contributed by atoms with Gasteiger partial charge in [-0.3, -0.25) is 18.9 Å². The predicted octanol–water partition coefficient (Wildman–Crippen LogP) is 9.87. The van der Waals surface area contributed by atoms with E-state index in [1.807, 2.05) is 90.0 Å². The number of anilines is 4. The number of likely N-dealkylation sites (tertiary alicyclic amines) is 1. The average molecular weight is 1290 g/mol. The highest BCUT2D eigenvalue weighted by atomic mass is 35.5. The van der Waals surface area contributed by atoms with Crippen LogP contribution in [0.3, 0.4) is 0 Å². The molecule has 0 unspecified atom stereocenters. The van der Waals surface area contributed by atoms with Crippen LogP contribution >= 0.6 is 31.0 Å². The third-order valence-corrected chi connectivity index (χ3v) is 20.3. The van der Waals surface area contributed by atoms with Crippen LogP contribution in [-0.2, 0) is 44.0 Å². The molecule has 2 aliphatic heterocycles. The van der Waals surface area contributed by atoms with Crippen molar-refractivity contribution in [2.45, 2.75) is 72.3 Å². The van der Waals surface area contributed by atoms with Gasteiger partial charge in [-0.05, 0) is 143 Å². The van der Waals surface area contributed by atoms with E-state index in [-0.39, 0.29) is 23.0 Å². The quantitative estimate of drug-likeness (QED) is 0.0227. The molecule has 28 heteroatoms. The zero-order valence-corrected chi connectivity index (χ0v) is 51.7. The second-order valence-corrected chi connectivity index (χ2v) is 29.7. The van der Waals surface area contributed by atoms with Crippen molar-refractivity contribution >= 4 is 95.5 Å². The molecule has 0 radical (unpaired) electrons. The van der Waals surface area contributed by atoms with Gasteiger partial charge >= 0.3 is 19.1 Å². The number of aromatic nitrogens is 1. The van der Waals surface area contributed by atoms with Gasteiger partial charge < -0.3 is 39.1 Å². The van der Waals surface area contributed by atoms with Gasteiger partial charge in [-0.1, -0.05) is 54.1 Å². The summed E-state index contributed by atoms with van der Waals surface area (Å²) in [5.41, 5.74) is -1.09. The Morgan fingerprint density at radius 2 is 1.44 bits per heavy atom. The lowest BCUT2D eigenvalue weighted by Crippen LogP contribution is -2.46. The number of rotatable bonds is 23. The number of carbonyl (C=O) groups excluding carboxylic acids is 2. The van der Waals surface area contributed by atoms with Gasteiger partial charge in [0.15, 0.2) is 0 Å². The standard InChI is InChI=1S/C57H66ClF3N7O12PS4/c1-38(2)68-39(3)52(55(69)64-83(4,74)75)53(54(68)40-13-15-43(58)16-14-40)42-9-8-10-47(35-42)67-31-29-66(30-32-67)46-19-17-44(18-20-46)63-85(78,79)49-21-22-50(51(36-49)84(76,77)57(59,60)61)62-45(37-82-48-11-6-5-7-12-48)25-28-65-26-23-41(24-27-65)56(70)80-33-34-81(71,72)73/h5-22,35-36,38,41,45,62-63H,23-34,37H2,1-4H3,(H,64,69)(H2,71,72,73)/t45-/m1/s1. The van der Waals surface area contributed by atoms with Crippen LogP contribution in [0.1, 0.15) is 55.2 Å². The predicted molar refractivity (Wildman–Crippen MR) is 325 cm³/mol. The van der Waals surface area contributed by atoms with Gasteiger partial charge in [0.1, 0.15) is 11.5 Å². The number of hydrogen-bond donors (Lipinski definition) is 5. The second-order valence-electron chi connectivity index (χ2n) is 21.1. The van der Waals surface area contributed by atoms with E-state index in [1.54, 1.807) is 31.2 Å². The Labute approximate surface area is 502 Å². The van der Waals surface area contributed by atoms with E-state index in [4.69, 9.17) is 26.1 Å². The Hall–Kier alpha value is -6.09. The van der Waals surface area contributed by atoms with Crippen molar-refractivity contribution < 1.29 is 67.1 Å². The number of nitrogens with one attached hydrogen (secondary N) is 3. The number of esters is 1. The first-order chi connectivity index (χ1) is 40.0. The van der Waals surface area contributed by atoms with Gasteiger partial charge in [-0.15, -0.1) is 11.8 Å². The third kappa shape index (κ3) is 16.5. The highest BCUT2D eigenvalue weighted by Crippen LogP contribution is 2.43. The maximum Gasteiger partial charge on any atom is 0.501 e. The van der Waals surface area contributed by atoms with E-state index in [9.17, 15) is 52.6 Å². The van der Waals surface area contributed by atoms with Crippen LogP contribution in [-0.4, -0.2) is 139 Å². The molecule has 6 aromatic rings. The van der Waals surface area contributed by atoms with Gasteiger partial charge in [0.25, 0.3) is 25.8 Å². The molecule has 1 atom stereocenters. The number of piperazine rings is 1. The number of halogens is 4. The Morgan fingerprint density at radius 3 is 2.04 bits per heavy atom. The summed E-state index contributed by atoms with van der Waals surface area (Å²) in [6.07, 6.45) is 1.41. The lowest BCUT2D eigenvalue weighted by Gasteiger charge is -2.37. The number of carbonyl (C=O) groups is 2. The SMILES string of the molecule is Cc1c(C(=O)NS(C)(=O)=O)c(-c2cccc(N3CCN(c4ccc(NS(=O)(=O)c5ccc(N[C@H](CCN6CCC(C(=O)OCCP(=O)(O)O)CC6)CSc6ccccc6)c(S(=O)(=O)C(F)(F)F)c5)cc4)CC3)c2)c(-c2ccc(Cl)cc2)n1C(C)C.